The van der Waals surface area contributed by atoms with E-state index >= 15 is 0 Å². The van der Waals surface area contributed by atoms with Gasteiger partial charge in [-0.1, -0.05) is 0 Å². The van der Waals surface area contributed by atoms with E-state index in [1.807, 2.05) is 0 Å². The van der Waals surface area contributed by atoms with Crippen molar-refractivity contribution in [3.8, 4) is 0 Å². The molecule has 1 fully saturated rings. The molecule has 14 heavy (non-hydrogen) atoms. The molecular weight excluding hydrogens is 186 g/mol. The second-order valence-electron chi connectivity index (χ2n) is 3.22. The fourth-order valence-electron chi connectivity index (χ4n) is 1.27. The molecule has 1 atom stereocenters. The lowest BCUT2D eigenvalue weighted by Gasteiger charge is -2.27. The Balaban J connectivity index is 2.41. The van der Waals surface area contributed by atoms with Crippen LogP contribution in [0.15, 0.2) is 0 Å². The summed E-state index contributed by atoms with van der Waals surface area (Å²) in [7, 11) is 1.62. The number of rotatable bonds is 3. The SMILES string of the molecule is CN(CCO)C(=O)C1CNC(=O)CN1. The van der Waals surface area contributed by atoms with Gasteiger partial charge in [0, 0.05) is 20.1 Å². The average Bonchev–Trinajstić information content (AvgIpc) is 2.18. The molecule has 0 aromatic heterocycles. The Morgan fingerprint density at radius 1 is 1.71 bits per heavy atom. The van der Waals surface area contributed by atoms with Crippen LogP contribution in [-0.2, 0) is 9.59 Å². The van der Waals surface area contributed by atoms with Crippen LogP contribution < -0.4 is 10.6 Å². The zero-order chi connectivity index (χ0) is 10.6. The molecule has 2 amide bonds. The van der Waals surface area contributed by atoms with Gasteiger partial charge in [0.2, 0.25) is 11.8 Å². The smallest absolute Gasteiger partial charge is 0.241 e. The number of aliphatic hydroxyl groups excluding tert-OH is 1. The molecule has 0 aromatic rings. The minimum Gasteiger partial charge on any atom is -0.395 e. The predicted molar refractivity (Wildman–Crippen MR) is 49.5 cm³/mol. The van der Waals surface area contributed by atoms with Crippen LogP contribution >= 0.6 is 0 Å². The lowest BCUT2D eigenvalue weighted by Crippen LogP contribution is -2.58. The number of carbonyl (C=O) groups is 2. The van der Waals surface area contributed by atoms with E-state index in [0.717, 1.165) is 0 Å². The van der Waals surface area contributed by atoms with Gasteiger partial charge in [-0.25, -0.2) is 0 Å². The Morgan fingerprint density at radius 2 is 2.43 bits per heavy atom. The van der Waals surface area contributed by atoms with Crippen molar-refractivity contribution < 1.29 is 14.7 Å². The van der Waals surface area contributed by atoms with Crippen LogP contribution in [-0.4, -0.2) is 61.2 Å². The van der Waals surface area contributed by atoms with Gasteiger partial charge in [-0.05, 0) is 0 Å². The number of carbonyl (C=O) groups excluding carboxylic acids is 2. The van der Waals surface area contributed by atoms with Crippen LogP contribution in [0.25, 0.3) is 0 Å². The van der Waals surface area contributed by atoms with Crippen LogP contribution in [0.4, 0.5) is 0 Å². The van der Waals surface area contributed by atoms with E-state index in [1.54, 1.807) is 7.05 Å². The molecule has 0 bridgehead atoms. The first-order valence-corrected chi connectivity index (χ1v) is 4.51. The maximum absolute atomic E-state index is 11.6. The van der Waals surface area contributed by atoms with Crippen LogP contribution in [0, 0.1) is 0 Å². The zero-order valence-corrected chi connectivity index (χ0v) is 8.12. The largest absolute Gasteiger partial charge is 0.395 e. The zero-order valence-electron chi connectivity index (χ0n) is 8.12. The van der Waals surface area contributed by atoms with Crippen molar-refractivity contribution in [1.29, 1.82) is 0 Å². The molecular formula is C8H15N3O3. The highest BCUT2D eigenvalue weighted by Gasteiger charge is 2.25. The highest BCUT2D eigenvalue weighted by molar-refractivity contribution is 5.86. The van der Waals surface area contributed by atoms with Crippen LogP contribution in [0.2, 0.25) is 0 Å². The predicted octanol–water partition coefficient (Wildman–Crippen LogP) is -2.47. The number of nitrogens with one attached hydrogen (secondary N) is 2. The first kappa shape index (κ1) is 10.9. The number of hydrogen-bond acceptors (Lipinski definition) is 4. The summed E-state index contributed by atoms with van der Waals surface area (Å²) in [5.74, 6) is -0.210. The monoisotopic (exact) mass is 201 g/mol. The normalized spacial score (nSPS) is 21.6. The fourth-order valence-corrected chi connectivity index (χ4v) is 1.27. The number of amides is 2. The third-order valence-electron chi connectivity index (χ3n) is 2.12. The van der Waals surface area contributed by atoms with Gasteiger partial charge >= 0.3 is 0 Å². The van der Waals surface area contributed by atoms with Crippen molar-refractivity contribution >= 4 is 11.8 Å². The van der Waals surface area contributed by atoms with Crippen LogP contribution in [0.1, 0.15) is 0 Å². The number of piperazine rings is 1. The van der Waals surface area contributed by atoms with Gasteiger partial charge in [0.25, 0.3) is 0 Å². The molecule has 0 aliphatic carbocycles. The van der Waals surface area contributed by atoms with Gasteiger partial charge in [-0.2, -0.15) is 0 Å². The molecule has 3 N–H and O–H groups in total. The topological polar surface area (TPSA) is 81.7 Å². The Bertz CT molecular complexity index is 222. The second kappa shape index (κ2) is 4.92. The fraction of sp³-hybridized carbons (Fsp3) is 0.750. The molecule has 0 radical (unpaired) electrons. The van der Waals surface area contributed by atoms with Gasteiger partial charge in [0.15, 0.2) is 0 Å². The summed E-state index contributed by atoms with van der Waals surface area (Å²) in [4.78, 5) is 23.8. The minimum atomic E-state index is -0.371. The summed E-state index contributed by atoms with van der Waals surface area (Å²) in [6.07, 6.45) is 0. The van der Waals surface area contributed by atoms with E-state index in [-0.39, 0.29) is 31.0 Å². The van der Waals surface area contributed by atoms with Crippen molar-refractivity contribution in [2.45, 2.75) is 6.04 Å². The van der Waals surface area contributed by atoms with Crippen LogP contribution in [0.3, 0.4) is 0 Å². The van der Waals surface area contributed by atoms with E-state index in [4.69, 9.17) is 5.11 Å². The second-order valence-corrected chi connectivity index (χ2v) is 3.22. The summed E-state index contributed by atoms with van der Waals surface area (Å²) >= 11 is 0. The third kappa shape index (κ3) is 2.68. The number of hydrogen-bond donors (Lipinski definition) is 3. The van der Waals surface area contributed by atoms with Gasteiger partial charge in [-0.15, -0.1) is 0 Å². The highest BCUT2D eigenvalue weighted by Crippen LogP contribution is 1.94. The van der Waals surface area contributed by atoms with Crippen molar-refractivity contribution in [1.82, 2.24) is 15.5 Å². The van der Waals surface area contributed by atoms with Gasteiger partial charge < -0.3 is 15.3 Å². The molecule has 6 nitrogen and oxygen atoms in total. The van der Waals surface area contributed by atoms with Crippen molar-refractivity contribution in [3.05, 3.63) is 0 Å². The Hall–Kier alpha value is -1.14. The molecule has 80 valence electrons. The highest BCUT2D eigenvalue weighted by atomic mass is 16.3. The summed E-state index contributed by atoms with van der Waals surface area (Å²) in [6.45, 7) is 0.739. The molecule has 0 saturated carbocycles. The molecule has 0 aromatic carbocycles. The molecule has 1 heterocycles. The van der Waals surface area contributed by atoms with Gasteiger partial charge in [0.05, 0.1) is 13.2 Å². The molecule has 1 unspecified atom stereocenters. The minimum absolute atomic E-state index is 0.0542. The van der Waals surface area contributed by atoms with E-state index in [9.17, 15) is 9.59 Å². The number of aliphatic hydroxyl groups is 1. The van der Waals surface area contributed by atoms with E-state index in [2.05, 4.69) is 10.6 Å². The van der Waals surface area contributed by atoms with Crippen molar-refractivity contribution in [2.75, 3.05) is 33.3 Å². The summed E-state index contributed by atoms with van der Waals surface area (Å²) < 4.78 is 0. The molecule has 0 spiro atoms. The summed E-state index contributed by atoms with van der Waals surface area (Å²) in [6, 6.07) is -0.371. The van der Waals surface area contributed by atoms with E-state index < -0.39 is 0 Å². The summed E-state index contributed by atoms with van der Waals surface area (Å²) in [5, 5.41) is 14.1. The number of likely N-dealkylation sites (N-methyl/N-ethyl adjacent to an activating group) is 1. The Kier molecular flexibility index (Phi) is 3.84. The number of nitrogens with zero attached hydrogens (tertiary/aromatic N) is 1. The Morgan fingerprint density at radius 3 is 2.93 bits per heavy atom. The molecule has 1 aliphatic rings. The van der Waals surface area contributed by atoms with E-state index in [0.29, 0.717) is 13.1 Å². The first-order valence-electron chi connectivity index (χ1n) is 4.51. The lowest BCUT2D eigenvalue weighted by molar-refractivity contribution is -0.134. The van der Waals surface area contributed by atoms with Gasteiger partial charge in [0.1, 0.15) is 6.04 Å². The summed E-state index contributed by atoms with van der Waals surface area (Å²) in [5.41, 5.74) is 0. The first-order chi connectivity index (χ1) is 6.65. The molecule has 1 saturated heterocycles. The third-order valence-corrected chi connectivity index (χ3v) is 2.12. The van der Waals surface area contributed by atoms with Crippen molar-refractivity contribution in [2.24, 2.45) is 0 Å². The maximum Gasteiger partial charge on any atom is 0.241 e. The van der Waals surface area contributed by atoms with E-state index in [1.165, 1.54) is 4.90 Å². The quantitative estimate of drug-likeness (QED) is 0.472. The van der Waals surface area contributed by atoms with Crippen LogP contribution in [0.5, 0.6) is 0 Å². The van der Waals surface area contributed by atoms with Crippen molar-refractivity contribution in [3.63, 3.8) is 0 Å². The molecule has 1 aliphatic heterocycles. The Labute approximate surface area is 82.3 Å². The average molecular weight is 201 g/mol. The maximum atomic E-state index is 11.6. The lowest BCUT2D eigenvalue weighted by atomic mass is 10.2. The van der Waals surface area contributed by atoms with Gasteiger partial charge in [-0.3, -0.25) is 14.9 Å². The standard InChI is InChI=1S/C8H15N3O3/c1-11(2-3-12)8(14)6-4-10-7(13)5-9-6/h6,9,12H,2-5H2,1H3,(H,10,13). The molecule has 6 heteroatoms. The molecule has 1 rings (SSSR count).